The van der Waals surface area contributed by atoms with Gasteiger partial charge < -0.3 is 10.2 Å². The number of nitrogens with one attached hydrogen (secondary N) is 1. The molecule has 0 bridgehead atoms. The van der Waals surface area contributed by atoms with Gasteiger partial charge in [0.05, 0.1) is 0 Å². The van der Waals surface area contributed by atoms with E-state index in [1.165, 1.54) is 42.5 Å². The van der Waals surface area contributed by atoms with Gasteiger partial charge in [-0.1, -0.05) is 28.1 Å². The van der Waals surface area contributed by atoms with E-state index in [1.54, 1.807) is 0 Å². The Morgan fingerprint density at radius 3 is 2.76 bits per heavy atom. The Balaban J connectivity index is 1.56. The fourth-order valence-electron chi connectivity index (χ4n) is 2.29. The lowest BCUT2D eigenvalue weighted by Crippen LogP contribution is -2.30. The number of nitrogens with zero attached hydrogens (tertiary/aromatic N) is 1. The Labute approximate surface area is 113 Å². The molecule has 0 aromatic heterocycles. The number of rotatable bonds is 6. The van der Waals surface area contributed by atoms with Crippen LogP contribution in [0.15, 0.2) is 28.7 Å². The molecule has 1 saturated heterocycles. The van der Waals surface area contributed by atoms with E-state index in [2.05, 4.69) is 50.4 Å². The van der Waals surface area contributed by atoms with E-state index in [-0.39, 0.29) is 0 Å². The molecule has 3 heteroatoms. The van der Waals surface area contributed by atoms with E-state index in [1.807, 2.05) is 0 Å². The fourth-order valence-corrected chi connectivity index (χ4v) is 2.74. The second-order valence-corrected chi connectivity index (χ2v) is 5.59. The van der Waals surface area contributed by atoms with Crippen LogP contribution in [0, 0.1) is 0 Å². The summed E-state index contributed by atoms with van der Waals surface area (Å²) in [5, 5.41) is 3.52. The van der Waals surface area contributed by atoms with Crippen molar-refractivity contribution in [3.8, 4) is 0 Å². The molecule has 2 rings (SSSR count). The molecule has 0 atom stereocenters. The first-order valence-electron chi connectivity index (χ1n) is 6.52. The summed E-state index contributed by atoms with van der Waals surface area (Å²) in [6, 6.07) is 8.56. The predicted molar refractivity (Wildman–Crippen MR) is 76.4 cm³/mol. The Morgan fingerprint density at radius 2 is 2.00 bits per heavy atom. The standard InChI is InChI=1S/C14H21BrN2/c15-14-5-3-4-13(12-14)6-7-16-8-11-17-9-1-2-10-17/h3-5,12,16H,1-2,6-11H2. The molecule has 0 radical (unpaired) electrons. The van der Waals surface area contributed by atoms with Crippen LogP contribution in [0.3, 0.4) is 0 Å². The van der Waals surface area contributed by atoms with Gasteiger partial charge in [0.1, 0.15) is 0 Å². The van der Waals surface area contributed by atoms with E-state index in [4.69, 9.17) is 0 Å². The van der Waals surface area contributed by atoms with Crippen LogP contribution in [0.4, 0.5) is 0 Å². The van der Waals surface area contributed by atoms with Crippen LogP contribution in [-0.4, -0.2) is 37.6 Å². The van der Waals surface area contributed by atoms with Crippen LogP contribution in [0.25, 0.3) is 0 Å². The molecule has 2 nitrogen and oxygen atoms in total. The van der Waals surface area contributed by atoms with E-state index in [0.29, 0.717) is 0 Å². The minimum atomic E-state index is 1.07. The van der Waals surface area contributed by atoms with Gasteiger partial charge >= 0.3 is 0 Å². The summed E-state index contributed by atoms with van der Waals surface area (Å²) >= 11 is 3.50. The van der Waals surface area contributed by atoms with Crippen molar-refractivity contribution < 1.29 is 0 Å². The summed E-state index contributed by atoms with van der Waals surface area (Å²) < 4.78 is 1.17. The van der Waals surface area contributed by atoms with Gasteiger partial charge in [0.15, 0.2) is 0 Å². The smallest absolute Gasteiger partial charge is 0.0178 e. The lowest BCUT2D eigenvalue weighted by molar-refractivity contribution is 0.336. The molecule has 1 aliphatic rings. The van der Waals surface area contributed by atoms with Crippen molar-refractivity contribution >= 4 is 15.9 Å². The third-order valence-electron chi connectivity index (χ3n) is 3.28. The first kappa shape index (κ1) is 13.1. The number of halogens is 1. The molecule has 0 aliphatic carbocycles. The van der Waals surface area contributed by atoms with E-state index in [0.717, 1.165) is 19.5 Å². The summed E-state index contributed by atoms with van der Waals surface area (Å²) in [5.74, 6) is 0. The van der Waals surface area contributed by atoms with Crippen molar-refractivity contribution in [3.05, 3.63) is 34.3 Å². The summed E-state index contributed by atoms with van der Waals surface area (Å²) in [6.45, 7) is 6.00. The van der Waals surface area contributed by atoms with Gasteiger partial charge in [0.2, 0.25) is 0 Å². The van der Waals surface area contributed by atoms with Crippen molar-refractivity contribution in [2.75, 3.05) is 32.7 Å². The second kappa shape index (κ2) is 7.14. The Kier molecular flexibility index (Phi) is 5.49. The maximum absolute atomic E-state index is 3.52. The summed E-state index contributed by atoms with van der Waals surface area (Å²) in [4.78, 5) is 2.55. The zero-order valence-corrected chi connectivity index (χ0v) is 11.9. The zero-order valence-electron chi connectivity index (χ0n) is 10.3. The molecular weight excluding hydrogens is 276 g/mol. The van der Waals surface area contributed by atoms with Gasteiger partial charge in [-0.3, -0.25) is 0 Å². The zero-order chi connectivity index (χ0) is 11.9. The predicted octanol–water partition coefficient (Wildman–Crippen LogP) is 2.68. The van der Waals surface area contributed by atoms with Crippen LogP contribution in [0.5, 0.6) is 0 Å². The highest BCUT2D eigenvalue weighted by molar-refractivity contribution is 9.10. The number of hydrogen-bond acceptors (Lipinski definition) is 2. The van der Waals surface area contributed by atoms with Crippen LogP contribution >= 0.6 is 15.9 Å². The molecule has 1 heterocycles. The lowest BCUT2D eigenvalue weighted by atomic mass is 10.1. The van der Waals surface area contributed by atoms with Crippen LogP contribution in [0.1, 0.15) is 18.4 Å². The highest BCUT2D eigenvalue weighted by atomic mass is 79.9. The Bertz CT molecular complexity index is 335. The first-order chi connectivity index (χ1) is 8.34. The largest absolute Gasteiger partial charge is 0.315 e. The molecule has 0 saturated carbocycles. The molecule has 1 N–H and O–H groups in total. The van der Waals surface area contributed by atoms with Gasteiger partial charge in [-0.15, -0.1) is 0 Å². The van der Waals surface area contributed by atoms with E-state index < -0.39 is 0 Å². The summed E-state index contributed by atoms with van der Waals surface area (Å²) in [7, 11) is 0. The monoisotopic (exact) mass is 296 g/mol. The quantitative estimate of drug-likeness (QED) is 0.812. The summed E-state index contributed by atoms with van der Waals surface area (Å²) in [6.07, 6.45) is 3.88. The molecule has 1 aromatic carbocycles. The highest BCUT2D eigenvalue weighted by Crippen LogP contribution is 2.11. The van der Waals surface area contributed by atoms with Gasteiger partial charge in [-0.25, -0.2) is 0 Å². The molecule has 0 spiro atoms. The van der Waals surface area contributed by atoms with Crippen molar-refractivity contribution in [2.45, 2.75) is 19.3 Å². The SMILES string of the molecule is Brc1cccc(CCNCCN2CCCC2)c1. The molecule has 0 unspecified atom stereocenters. The topological polar surface area (TPSA) is 15.3 Å². The molecule has 1 aromatic rings. The lowest BCUT2D eigenvalue weighted by Gasteiger charge is -2.14. The average Bonchev–Trinajstić information content (AvgIpc) is 2.82. The maximum atomic E-state index is 3.52. The van der Waals surface area contributed by atoms with Gasteiger partial charge in [-0.2, -0.15) is 0 Å². The normalized spacial score (nSPS) is 16.5. The van der Waals surface area contributed by atoms with Crippen LogP contribution in [0.2, 0.25) is 0 Å². The minimum absolute atomic E-state index is 1.07. The first-order valence-corrected chi connectivity index (χ1v) is 7.31. The number of hydrogen-bond donors (Lipinski definition) is 1. The number of likely N-dealkylation sites (tertiary alicyclic amines) is 1. The van der Waals surface area contributed by atoms with Crippen molar-refractivity contribution in [1.29, 1.82) is 0 Å². The van der Waals surface area contributed by atoms with Crippen molar-refractivity contribution in [1.82, 2.24) is 10.2 Å². The maximum Gasteiger partial charge on any atom is 0.0178 e. The molecule has 17 heavy (non-hydrogen) atoms. The Hall–Kier alpha value is -0.380. The van der Waals surface area contributed by atoms with Gasteiger partial charge in [-0.05, 0) is 56.6 Å². The van der Waals surface area contributed by atoms with Gasteiger partial charge in [0.25, 0.3) is 0 Å². The fraction of sp³-hybridized carbons (Fsp3) is 0.571. The summed E-state index contributed by atoms with van der Waals surface area (Å²) in [5.41, 5.74) is 1.40. The van der Waals surface area contributed by atoms with Crippen LogP contribution < -0.4 is 5.32 Å². The van der Waals surface area contributed by atoms with E-state index >= 15 is 0 Å². The van der Waals surface area contributed by atoms with E-state index in [9.17, 15) is 0 Å². The molecule has 1 aliphatic heterocycles. The van der Waals surface area contributed by atoms with Crippen molar-refractivity contribution in [3.63, 3.8) is 0 Å². The van der Waals surface area contributed by atoms with Crippen molar-refractivity contribution in [2.24, 2.45) is 0 Å². The molecule has 94 valence electrons. The van der Waals surface area contributed by atoms with Crippen LogP contribution in [-0.2, 0) is 6.42 Å². The highest BCUT2D eigenvalue weighted by Gasteiger charge is 2.09. The molecular formula is C14H21BrN2. The number of benzene rings is 1. The Morgan fingerprint density at radius 1 is 1.18 bits per heavy atom. The molecule has 0 amide bonds. The van der Waals surface area contributed by atoms with Gasteiger partial charge in [0, 0.05) is 17.6 Å². The molecule has 1 fully saturated rings. The average molecular weight is 297 g/mol. The third kappa shape index (κ3) is 4.78. The third-order valence-corrected chi connectivity index (χ3v) is 3.78. The second-order valence-electron chi connectivity index (χ2n) is 4.68. The minimum Gasteiger partial charge on any atom is -0.315 e.